The van der Waals surface area contributed by atoms with E-state index in [1.54, 1.807) is 6.20 Å². The predicted molar refractivity (Wildman–Crippen MR) is 158 cm³/mol. The number of nitrogens with zero attached hydrogens (tertiary/aromatic N) is 6. The molecule has 40 heavy (non-hydrogen) atoms. The van der Waals surface area contributed by atoms with E-state index < -0.39 is 0 Å². The Labute approximate surface area is 234 Å². The number of carbonyl (C=O) groups excluding carboxylic acids is 1. The fraction of sp³-hybridized carbons (Fsp3) is 0.355. The van der Waals surface area contributed by atoms with Gasteiger partial charge in [0.2, 0.25) is 0 Å². The van der Waals surface area contributed by atoms with Crippen molar-refractivity contribution >= 4 is 33.9 Å². The Morgan fingerprint density at radius 2 is 1.70 bits per heavy atom. The Bertz CT molecular complexity index is 1570. The van der Waals surface area contributed by atoms with Crippen molar-refractivity contribution in [1.82, 2.24) is 20.1 Å². The van der Waals surface area contributed by atoms with Crippen LogP contribution in [-0.2, 0) is 0 Å². The van der Waals surface area contributed by atoms with Crippen LogP contribution in [0, 0.1) is 25.2 Å². The standard InChI is InChI=1S/C31H34N8O/c1-21-15-22(2)27(35-25-7-9-37(10-8-25)28-6-4-3-5-23(28)17-32)16-26(21)31(40)39-13-11-38(12-14-39)29-20-33-18-24-19-34-36-30(24)29/h3-6,15-16,18-20,25,35H,7-14H2,1-2H3,(H,34,36). The van der Waals surface area contributed by atoms with E-state index in [0.717, 1.165) is 89.2 Å². The van der Waals surface area contributed by atoms with Gasteiger partial charge in [-0.25, -0.2) is 0 Å². The second-order valence-corrected chi connectivity index (χ2v) is 10.8. The van der Waals surface area contributed by atoms with Crippen LogP contribution in [0.2, 0.25) is 0 Å². The highest BCUT2D eigenvalue weighted by molar-refractivity contribution is 5.97. The van der Waals surface area contributed by atoms with Gasteiger partial charge in [0.25, 0.3) is 5.91 Å². The van der Waals surface area contributed by atoms with Crippen molar-refractivity contribution in [2.24, 2.45) is 0 Å². The fourth-order valence-electron chi connectivity index (χ4n) is 5.98. The van der Waals surface area contributed by atoms with Crippen molar-refractivity contribution in [2.75, 3.05) is 54.4 Å². The second-order valence-electron chi connectivity index (χ2n) is 10.8. The molecule has 4 heterocycles. The van der Waals surface area contributed by atoms with Crippen molar-refractivity contribution in [3.05, 3.63) is 77.2 Å². The number of aromatic nitrogens is 3. The molecule has 0 radical (unpaired) electrons. The van der Waals surface area contributed by atoms with Crippen LogP contribution in [0.3, 0.4) is 0 Å². The van der Waals surface area contributed by atoms with Gasteiger partial charge in [0.1, 0.15) is 6.07 Å². The topological polar surface area (TPSA) is 104 Å². The maximum absolute atomic E-state index is 13.7. The Kier molecular flexibility index (Phi) is 6.99. The number of pyridine rings is 1. The molecule has 0 saturated carbocycles. The van der Waals surface area contributed by atoms with E-state index in [1.165, 1.54) is 0 Å². The molecular weight excluding hydrogens is 500 g/mol. The zero-order valence-corrected chi connectivity index (χ0v) is 23.0. The maximum Gasteiger partial charge on any atom is 0.254 e. The third-order valence-electron chi connectivity index (χ3n) is 8.26. The molecule has 0 atom stereocenters. The third-order valence-corrected chi connectivity index (χ3v) is 8.26. The van der Waals surface area contributed by atoms with Gasteiger partial charge < -0.3 is 20.0 Å². The van der Waals surface area contributed by atoms with E-state index in [2.05, 4.69) is 49.4 Å². The molecule has 2 aliphatic heterocycles. The largest absolute Gasteiger partial charge is 0.382 e. The molecule has 2 fully saturated rings. The fourth-order valence-corrected chi connectivity index (χ4v) is 5.98. The average molecular weight is 535 g/mol. The summed E-state index contributed by atoms with van der Waals surface area (Å²) in [5.41, 5.74) is 7.70. The van der Waals surface area contributed by atoms with Crippen molar-refractivity contribution < 1.29 is 4.79 Å². The van der Waals surface area contributed by atoms with Crippen LogP contribution in [-0.4, -0.2) is 71.3 Å². The zero-order chi connectivity index (χ0) is 27.6. The molecule has 204 valence electrons. The molecule has 2 saturated heterocycles. The van der Waals surface area contributed by atoms with Crippen LogP contribution in [0.5, 0.6) is 0 Å². The number of anilines is 3. The van der Waals surface area contributed by atoms with Gasteiger partial charge in [-0.2, -0.15) is 10.4 Å². The zero-order valence-electron chi connectivity index (χ0n) is 23.0. The number of nitrogens with one attached hydrogen (secondary N) is 2. The molecular formula is C31H34N8O. The minimum Gasteiger partial charge on any atom is -0.382 e. The highest BCUT2D eigenvalue weighted by Crippen LogP contribution is 2.29. The number of aryl methyl sites for hydroxylation is 2. The number of hydrogen-bond donors (Lipinski definition) is 2. The SMILES string of the molecule is Cc1cc(C)c(C(=O)N2CCN(c3cncc4cn[nH]c34)CC2)cc1NC1CCN(c2ccccc2C#N)CC1. The first-order chi connectivity index (χ1) is 19.5. The first-order valence-electron chi connectivity index (χ1n) is 13.9. The summed E-state index contributed by atoms with van der Waals surface area (Å²) >= 11 is 0. The van der Waals surface area contributed by atoms with E-state index in [9.17, 15) is 10.1 Å². The number of nitriles is 1. The van der Waals surface area contributed by atoms with Crippen LogP contribution >= 0.6 is 0 Å². The molecule has 9 heteroatoms. The van der Waals surface area contributed by atoms with Gasteiger partial charge in [-0.05, 0) is 56.0 Å². The van der Waals surface area contributed by atoms with E-state index in [-0.39, 0.29) is 5.91 Å². The Morgan fingerprint density at radius 3 is 2.48 bits per heavy atom. The smallest absolute Gasteiger partial charge is 0.254 e. The van der Waals surface area contributed by atoms with Crippen molar-refractivity contribution in [3.63, 3.8) is 0 Å². The molecule has 0 aliphatic carbocycles. The van der Waals surface area contributed by atoms with Crippen LogP contribution in [0.15, 0.2) is 55.0 Å². The summed E-state index contributed by atoms with van der Waals surface area (Å²) in [6.45, 7) is 8.70. The maximum atomic E-state index is 13.7. The number of aromatic amines is 1. The minimum absolute atomic E-state index is 0.0843. The summed E-state index contributed by atoms with van der Waals surface area (Å²) in [4.78, 5) is 24.6. The number of amides is 1. The molecule has 0 spiro atoms. The lowest BCUT2D eigenvalue weighted by Gasteiger charge is -2.36. The molecule has 2 N–H and O–H groups in total. The van der Waals surface area contributed by atoms with E-state index in [1.807, 2.05) is 54.5 Å². The lowest BCUT2D eigenvalue weighted by atomic mass is 9.99. The van der Waals surface area contributed by atoms with Gasteiger partial charge in [0.05, 0.1) is 34.8 Å². The summed E-state index contributed by atoms with van der Waals surface area (Å²) in [6, 6.07) is 14.6. The van der Waals surface area contributed by atoms with Crippen LogP contribution in [0.4, 0.5) is 17.1 Å². The van der Waals surface area contributed by atoms with Crippen molar-refractivity contribution in [1.29, 1.82) is 5.26 Å². The Hall–Kier alpha value is -4.58. The number of benzene rings is 2. The normalized spacial score (nSPS) is 16.3. The highest BCUT2D eigenvalue weighted by Gasteiger charge is 2.26. The van der Waals surface area contributed by atoms with E-state index in [0.29, 0.717) is 19.1 Å². The number of piperazine rings is 1. The van der Waals surface area contributed by atoms with Gasteiger partial charge in [-0.15, -0.1) is 0 Å². The predicted octanol–water partition coefficient (Wildman–Crippen LogP) is 4.49. The molecule has 0 bridgehead atoms. The summed E-state index contributed by atoms with van der Waals surface area (Å²) < 4.78 is 0. The lowest BCUT2D eigenvalue weighted by molar-refractivity contribution is 0.0746. The molecule has 2 aromatic heterocycles. The molecule has 2 aromatic carbocycles. The van der Waals surface area contributed by atoms with Crippen LogP contribution < -0.4 is 15.1 Å². The first kappa shape index (κ1) is 25.7. The molecule has 1 amide bonds. The lowest BCUT2D eigenvalue weighted by Crippen LogP contribution is -2.49. The van der Waals surface area contributed by atoms with Gasteiger partial charge in [0.15, 0.2) is 0 Å². The number of carbonyl (C=O) groups is 1. The number of piperidine rings is 1. The quantitative estimate of drug-likeness (QED) is 0.389. The summed E-state index contributed by atoms with van der Waals surface area (Å²) in [5.74, 6) is 0.0843. The molecule has 2 aliphatic rings. The van der Waals surface area contributed by atoms with E-state index in [4.69, 9.17) is 0 Å². The molecule has 6 rings (SSSR count). The molecule has 0 unspecified atom stereocenters. The van der Waals surface area contributed by atoms with Gasteiger partial charge >= 0.3 is 0 Å². The monoisotopic (exact) mass is 534 g/mol. The van der Waals surface area contributed by atoms with Gasteiger partial charge in [0, 0.05) is 68.1 Å². The second kappa shape index (κ2) is 10.9. The number of fused-ring (bicyclic) bond motifs is 1. The van der Waals surface area contributed by atoms with Crippen LogP contribution in [0.1, 0.15) is 39.9 Å². The summed E-state index contributed by atoms with van der Waals surface area (Å²) in [6.07, 6.45) is 7.40. The minimum atomic E-state index is 0.0843. The van der Waals surface area contributed by atoms with Gasteiger partial charge in [-0.1, -0.05) is 18.2 Å². The Balaban J connectivity index is 1.10. The molecule has 4 aromatic rings. The number of hydrogen-bond acceptors (Lipinski definition) is 7. The Morgan fingerprint density at radius 1 is 0.950 bits per heavy atom. The first-order valence-corrected chi connectivity index (χ1v) is 13.9. The third kappa shape index (κ3) is 4.93. The van der Waals surface area contributed by atoms with Crippen LogP contribution in [0.25, 0.3) is 10.9 Å². The summed E-state index contributed by atoms with van der Waals surface area (Å²) in [7, 11) is 0. The summed E-state index contributed by atoms with van der Waals surface area (Å²) in [5, 5.41) is 21.4. The number of H-pyrrole nitrogens is 1. The number of para-hydroxylation sites is 1. The van der Waals surface area contributed by atoms with Gasteiger partial charge in [-0.3, -0.25) is 14.9 Å². The molecule has 9 nitrogen and oxygen atoms in total. The average Bonchev–Trinajstić information content (AvgIpc) is 3.48. The number of rotatable bonds is 5. The van der Waals surface area contributed by atoms with Crippen molar-refractivity contribution in [3.8, 4) is 6.07 Å². The van der Waals surface area contributed by atoms with Crippen molar-refractivity contribution in [2.45, 2.75) is 32.7 Å². The highest BCUT2D eigenvalue weighted by atomic mass is 16.2. The van der Waals surface area contributed by atoms with E-state index >= 15 is 0 Å².